The van der Waals surface area contributed by atoms with Crippen molar-refractivity contribution in [1.29, 1.82) is 0 Å². The Kier molecular flexibility index (Phi) is 10.3. The smallest absolute Gasteiger partial charge is 0.408 e. The molecule has 33 heavy (non-hydrogen) atoms. The van der Waals surface area contributed by atoms with Gasteiger partial charge in [0.1, 0.15) is 24.2 Å². The zero-order valence-electron chi connectivity index (χ0n) is 20.4. The lowest BCUT2D eigenvalue weighted by molar-refractivity contribution is -0.145. The van der Waals surface area contributed by atoms with Crippen molar-refractivity contribution in [1.82, 2.24) is 15.5 Å². The van der Waals surface area contributed by atoms with E-state index in [1.54, 1.807) is 39.8 Å². The molecule has 0 aromatic heterocycles. The van der Waals surface area contributed by atoms with Gasteiger partial charge < -0.3 is 30.1 Å². The van der Waals surface area contributed by atoms with E-state index in [0.717, 1.165) is 11.1 Å². The summed E-state index contributed by atoms with van der Waals surface area (Å²) in [6.07, 6.45) is -0.871. The molecule has 1 aromatic rings. The zero-order chi connectivity index (χ0) is 25.3. The van der Waals surface area contributed by atoms with Crippen LogP contribution in [0.1, 0.15) is 50.4 Å². The lowest BCUT2D eigenvalue weighted by Crippen LogP contribution is -2.54. The number of aryl methyl sites for hydroxylation is 1. The Morgan fingerprint density at radius 1 is 1.15 bits per heavy atom. The van der Waals surface area contributed by atoms with E-state index in [1.165, 1.54) is 12.0 Å². The van der Waals surface area contributed by atoms with E-state index in [1.807, 2.05) is 19.9 Å². The summed E-state index contributed by atoms with van der Waals surface area (Å²) in [4.78, 5) is 51.5. The number of likely N-dealkylation sites (N-methyl/N-ethyl adjacent to an activating group) is 1. The molecule has 3 amide bonds. The average molecular weight is 466 g/mol. The Morgan fingerprint density at radius 3 is 2.30 bits per heavy atom. The van der Waals surface area contributed by atoms with Crippen LogP contribution in [0, 0.1) is 13.8 Å². The summed E-state index contributed by atoms with van der Waals surface area (Å²) in [6.45, 7) is 9.40. The Hall–Kier alpha value is -3.14. The van der Waals surface area contributed by atoms with E-state index < -0.39 is 48.2 Å². The molecule has 10 nitrogen and oxygen atoms in total. The molecule has 0 radical (unpaired) electrons. The third-order valence-electron chi connectivity index (χ3n) is 4.93. The zero-order valence-corrected chi connectivity index (χ0v) is 20.4. The largest absolute Gasteiger partial charge is 0.468 e. The van der Waals surface area contributed by atoms with Crippen molar-refractivity contribution in [3.05, 3.63) is 34.9 Å². The van der Waals surface area contributed by atoms with Crippen LogP contribution < -0.4 is 10.6 Å². The molecule has 0 aliphatic carbocycles. The van der Waals surface area contributed by atoms with Gasteiger partial charge in [0.05, 0.1) is 13.7 Å². The highest BCUT2D eigenvalue weighted by Crippen LogP contribution is 2.27. The van der Waals surface area contributed by atoms with Crippen LogP contribution in [-0.2, 0) is 23.9 Å². The normalized spacial score (nSPS) is 12.8. The van der Waals surface area contributed by atoms with Crippen LogP contribution in [0.25, 0.3) is 0 Å². The number of nitrogens with one attached hydrogen (secondary N) is 2. The van der Waals surface area contributed by atoms with Gasteiger partial charge in [-0.3, -0.25) is 14.4 Å². The molecular formula is C23H35N3O7. The topological polar surface area (TPSA) is 134 Å². The van der Waals surface area contributed by atoms with Crippen molar-refractivity contribution < 1.29 is 33.8 Å². The number of alkyl carbamates (subject to hydrolysis) is 1. The molecule has 10 heteroatoms. The van der Waals surface area contributed by atoms with Crippen molar-refractivity contribution in [2.75, 3.05) is 26.8 Å². The lowest BCUT2D eigenvalue weighted by Gasteiger charge is -2.34. The number of amides is 3. The molecule has 184 valence electrons. The Balaban J connectivity index is 3.32. The summed E-state index contributed by atoms with van der Waals surface area (Å²) in [6, 6.07) is 2.91. The van der Waals surface area contributed by atoms with Gasteiger partial charge in [-0.2, -0.15) is 0 Å². The molecule has 2 atom stereocenters. The third kappa shape index (κ3) is 8.05. The molecule has 2 unspecified atom stereocenters. The number of esters is 1. The summed E-state index contributed by atoms with van der Waals surface area (Å²) in [5.74, 6) is -1.92. The van der Waals surface area contributed by atoms with E-state index in [2.05, 4.69) is 15.4 Å². The second-order valence-electron chi connectivity index (χ2n) is 8.49. The summed E-state index contributed by atoms with van der Waals surface area (Å²) in [5.41, 5.74) is 1.46. The Labute approximate surface area is 194 Å². The molecule has 0 spiro atoms. The molecule has 0 saturated heterocycles. The highest BCUT2D eigenvalue weighted by Gasteiger charge is 2.36. The Morgan fingerprint density at radius 2 is 1.79 bits per heavy atom. The van der Waals surface area contributed by atoms with E-state index in [-0.39, 0.29) is 13.1 Å². The highest BCUT2D eigenvalue weighted by atomic mass is 16.6. The minimum atomic E-state index is -1.33. The first-order chi connectivity index (χ1) is 15.4. The van der Waals surface area contributed by atoms with Crippen LogP contribution in [-0.4, -0.2) is 72.3 Å². The molecule has 0 aliphatic rings. The van der Waals surface area contributed by atoms with E-state index >= 15 is 0 Å². The van der Waals surface area contributed by atoms with E-state index in [9.17, 15) is 24.3 Å². The Bertz CT molecular complexity index is 864. The average Bonchev–Trinajstić information content (AvgIpc) is 2.74. The highest BCUT2D eigenvalue weighted by molar-refractivity contribution is 5.93. The van der Waals surface area contributed by atoms with Gasteiger partial charge in [-0.05, 0) is 58.2 Å². The predicted molar refractivity (Wildman–Crippen MR) is 121 cm³/mol. The van der Waals surface area contributed by atoms with E-state index in [0.29, 0.717) is 5.56 Å². The van der Waals surface area contributed by atoms with Crippen LogP contribution in [0.4, 0.5) is 4.79 Å². The van der Waals surface area contributed by atoms with Crippen LogP contribution in [0.5, 0.6) is 0 Å². The van der Waals surface area contributed by atoms with Gasteiger partial charge in [-0.1, -0.05) is 18.2 Å². The predicted octanol–water partition coefficient (Wildman–Crippen LogP) is 1.37. The van der Waals surface area contributed by atoms with Gasteiger partial charge in [0.2, 0.25) is 11.8 Å². The number of carbonyl (C=O) groups excluding carboxylic acids is 4. The van der Waals surface area contributed by atoms with Gasteiger partial charge in [-0.25, -0.2) is 4.79 Å². The molecule has 0 fully saturated rings. The fraction of sp³-hybridized carbons (Fsp3) is 0.565. The molecular weight excluding hydrogens is 430 g/mol. The number of aliphatic hydroxyl groups excluding tert-OH is 1. The van der Waals surface area contributed by atoms with Crippen molar-refractivity contribution in [2.24, 2.45) is 0 Å². The lowest BCUT2D eigenvalue weighted by atomic mass is 9.95. The van der Waals surface area contributed by atoms with Crippen molar-refractivity contribution >= 4 is 23.9 Å². The maximum absolute atomic E-state index is 13.3. The van der Waals surface area contributed by atoms with Gasteiger partial charge in [0, 0.05) is 6.54 Å². The number of carbonyl (C=O) groups is 4. The monoisotopic (exact) mass is 465 g/mol. The maximum Gasteiger partial charge on any atom is 0.408 e. The van der Waals surface area contributed by atoms with Crippen LogP contribution in [0.2, 0.25) is 0 Å². The number of nitrogens with zero attached hydrogens (tertiary/aromatic N) is 1. The minimum Gasteiger partial charge on any atom is -0.468 e. The van der Waals surface area contributed by atoms with Gasteiger partial charge >= 0.3 is 12.1 Å². The number of hydrogen-bond acceptors (Lipinski definition) is 7. The number of hydrogen-bond donors (Lipinski definition) is 3. The number of methoxy groups -OCH3 is 1. The second kappa shape index (κ2) is 12.2. The van der Waals surface area contributed by atoms with Crippen molar-refractivity contribution in [3.8, 4) is 0 Å². The second-order valence-corrected chi connectivity index (χ2v) is 8.49. The summed E-state index contributed by atoms with van der Waals surface area (Å²) in [5, 5.41) is 14.7. The van der Waals surface area contributed by atoms with Crippen molar-refractivity contribution in [3.63, 3.8) is 0 Å². The third-order valence-corrected chi connectivity index (χ3v) is 4.93. The van der Waals surface area contributed by atoms with Crippen LogP contribution in [0.3, 0.4) is 0 Å². The fourth-order valence-electron chi connectivity index (χ4n) is 3.15. The number of ether oxygens (including phenoxy) is 2. The van der Waals surface area contributed by atoms with Gasteiger partial charge in [0.25, 0.3) is 0 Å². The van der Waals surface area contributed by atoms with Crippen LogP contribution >= 0.6 is 0 Å². The SMILES string of the molecule is CCN(C(=O)C(CO)NC(=O)OC(C)(C)C)C(C(=O)NCC(=O)OC)c1cccc(C)c1C. The summed E-state index contributed by atoms with van der Waals surface area (Å²) in [7, 11) is 1.20. The fourth-order valence-corrected chi connectivity index (χ4v) is 3.15. The molecule has 3 N–H and O–H groups in total. The molecule has 0 bridgehead atoms. The number of rotatable bonds is 9. The number of aliphatic hydroxyl groups is 1. The van der Waals surface area contributed by atoms with E-state index in [4.69, 9.17) is 4.74 Å². The van der Waals surface area contributed by atoms with Crippen LogP contribution in [0.15, 0.2) is 18.2 Å². The van der Waals surface area contributed by atoms with Gasteiger partial charge in [-0.15, -0.1) is 0 Å². The summed E-state index contributed by atoms with van der Waals surface area (Å²) >= 11 is 0. The number of benzene rings is 1. The first-order valence-corrected chi connectivity index (χ1v) is 10.7. The molecule has 1 rings (SSSR count). The minimum absolute atomic E-state index is 0.0923. The maximum atomic E-state index is 13.3. The van der Waals surface area contributed by atoms with Gasteiger partial charge in [0.15, 0.2) is 0 Å². The first-order valence-electron chi connectivity index (χ1n) is 10.7. The molecule has 1 aromatic carbocycles. The molecule has 0 saturated carbocycles. The van der Waals surface area contributed by atoms with Crippen molar-refractivity contribution in [2.45, 2.75) is 59.2 Å². The molecule has 0 heterocycles. The first kappa shape index (κ1) is 27.9. The quantitative estimate of drug-likeness (QED) is 0.469. The molecule has 0 aliphatic heterocycles. The summed E-state index contributed by atoms with van der Waals surface area (Å²) < 4.78 is 9.75. The standard InChI is InChI=1S/C23H35N3O7/c1-8-26(21(30)17(13-27)25-22(31)33-23(4,5)6)19(20(29)24-12-18(28)32-7)16-11-9-10-14(2)15(16)3/h9-11,17,19,27H,8,12-13H2,1-7H3,(H,24,29)(H,25,31).